The first-order chi connectivity index (χ1) is 9.85. The number of hydrogen-bond acceptors (Lipinski definition) is 4. The van der Waals surface area contributed by atoms with Crippen LogP contribution in [-0.2, 0) is 11.3 Å². The summed E-state index contributed by atoms with van der Waals surface area (Å²) in [6.07, 6.45) is -1.24. The van der Waals surface area contributed by atoms with Crippen molar-refractivity contribution in [3.63, 3.8) is 0 Å². The molecule has 0 radical (unpaired) electrons. The maximum atomic E-state index is 12.0. The van der Waals surface area contributed by atoms with Crippen molar-refractivity contribution < 1.29 is 24.5 Å². The SMILES string of the molecule is COc1cc(CNC(=O)C(NC(=O)O)C(C)C)ccc1O. The predicted octanol–water partition coefficient (Wildman–Crippen LogP) is 1.31. The second-order valence-corrected chi connectivity index (χ2v) is 4.90. The van der Waals surface area contributed by atoms with Crippen LogP contribution in [-0.4, -0.2) is 35.4 Å². The maximum absolute atomic E-state index is 12.0. The summed E-state index contributed by atoms with van der Waals surface area (Å²) in [6, 6.07) is 3.90. The zero-order chi connectivity index (χ0) is 16.0. The minimum atomic E-state index is -1.24. The van der Waals surface area contributed by atoms with Gasteiger partial charge in [0.25, 0.3) is 0 Å². The van der Waals surface area contributed by atoms with Gasteiger partial charge in [-0.05, 0) is 23.6 Å². The van der Waals surface area contributed by atoms with Gasteiger partial charge >= 0.3 is 6.09 Å². The van der Waals surface area contributed by atoms with Crippen molar-refractivity contribution in [3.8, 4) is 11.5 Å². The van der Waals surface area contributed by atoms with Gasteiger partial charge in [0, 0.05) is 6.54 Å². The Bertz CT molecular complexity index is 516. The third kappa shape index (κ3) is 4.87. The van der Waals surface area contributed by atoms with Crippen LogP contribution in [0, 0.1) is 5.92 Å². The fourth-order valence-corrected chi connectivity index (χ4v) is 1.80. The summed E-state index contributed by atoms with van der Waals surface area (Å²) in [5.74, 6) is -0.249. The highest BCUT2D eigenvalue weighted by molar-refractivity contribution is 5.85. The predicted molar refractivity (Wildman–Crippen MR) is 76.3 cm³/mol. The molecule has 0 bridgehead atoms. The van der Waals surface area contributed by atoms with Gasteiger partial charge in [0.05, 0.1) is 7.11 Å². The number of ether oxygens (including phenoxy) is 1. The second kappa shape index (κ2) is 7.37. The van der Waals surface area contributed by atoms with Crippen LogP contribution in [0.15, 0.2) is 18.2 Å². The molecule has 0 spiro atoms. The third-order valence-corrected chi connectivity index (χ3v) is 2.94. The van der Waals surface area contributed by atoms with Crippen LogP contribution in [0.2, 0.25) is 0 Å². The lowest BCUT2D eigenvalue weighted by Crippen LogP contribution is -2.49. The molecule has 21 heavy (non-hydrogen) atoms. The van der Waals surface area contributed by atoms with Gasteiger partial charge in [0.2, 0.25) is 5.91 Å². The smallest absolute Gasteiger partial charge is 0.405 e. The summed E-state index contributed by atoms with van der Waals surface area (Å²) in [7, 11) is 1.43. The second-order valence-electron chi connectivity index (χ2n) is 4.90. The van der Waals surface area contributed by atoms with E-state index in [0.29, 0.717) is 5.75 Å². The van der Waals surface area contributed by atoms with Gasteiger partial charge in [-0.25, -0.2) is 4.79 Å². The van der Waals surface area contributed by atoms with E-state index in [0.717, 1.165) is 5.56 Å². The Kier molecular flexibility index (Phi) is 5.83. The number of hydrogen-bond donors (Lipinski definition) is 4. The summed E-state index contributed by atoms with van der Waals surface area (Å²) in [5, 5.41) is 23.1. The van der Waals surface area contributed by atoms with Crippen LogP contribution >= 0.6 is 0 Å². The van der Waals surface area contributed by atoms with E-state index in [4.69, 9.17) is 9.84 Å². The minimum absolute atomic E-state index is 0.0141. The minimum Gasteiger partial charge on any atom is -0.504 e. The third-order valence-electron chi connectivity index (χ3n) is 2.94. The monoisotopic (exact) mass is 296 g/mol. The lowest BCUT2D eigenvalue weighted by Gasteiger charge is -2.20. The largest absolute Gasteiger partial charge is 0.504 e. The average molecular weight is 296 g/mol. The highest BCUT2D eigenvalue weighted by Gasteiger charge is 2.23. The van der Waals surface area contributed by atoms with Crippen molar-refractivity contribution in [2.75, 3.05) is 7.11 Å². The Morgan fingerprint density at radius 2 is 2.00 bits per heavy atom. The number of benzene rings is 1. The standard InChI is InChI=1S/C14H20N2O5/c1-8(2)12(16-14(19)20)13(18)15-7-9-4-5-10(17)11(6-9)21-3/h4-6,8,12,16-17H,7H2,1-3H3,(H,15,18)(H,19,20). The molecule has 0 aromatic heterocycles. The molecule has 0 saturated carbocycles. The summed E-state index contributed by atoms with van der Waals surface area (Å²) in [5.41, 5.74) is 0.732. The number of phenolic OH excluding ortho intramolecular Hbond substituents is 1. The highest BCUT2D eigenvalue weighted by Crippen LogP contribution is 2.26. The van der Waals surface area contributed by atoms with Gasteiger partial charge in [-0.3, -0.25) is 4.79 Å². The Morgan fingerprint density at radius 1 is 1.33 bits per heavy atom. The number of carboxylic acid groups (broad SMARTS) is 1. The molecule has 1 rings (SSSR count). The number of phenols is 1. The van der Waals surface area contributed by atoms with Gasteiger partial charge in [-0.1, -0.05) is 19.9 Å². The molecular weight excluding hydrogens is 276 g/mol. The van der Waals surface area contributed by atoms with Gasteiger partial charge in [-0.2, -0.15) is 0 Å². The molecule has 1 aromatic carbocycles. The maximum Gasteiger partial charge on any atom is 0.405 e. The van der Waals surface area contributed by atoms with Gasteiger partial charge < -0.3 is 25.6 Å². The Hall–Kier alpha value is -2.44. The Morgan fingerprint density at radius 3 is 2.52 bits per heavy atom. The molecular formula is C14H20N2O5. The first-order valence-corrected chi connectivity index (χ1v) is 6.48. The van der Waals surface area contributed by atoms with E-state index in [2.05, 4.69) is 10.6 Å². The average Bonchev–Trinajstić information content (AvgIpc) is 2.43. The van der Waals surface area contributed by atoms with Crippen molar-refractivity contribution >= 4 is 12.0 Å². The molecule has 0 heterocycles. The molecule has 2 amide bonds. The van der Waals surface area contributed by atoms with E-state index in [1.807, 2.05) is 0 Å². The van der Waals surface area contributed by atoms with E-state index >= 15 is 0 Å². The van der Waals surface area contributed by atoms with E-state index in [1.54, 1.807) is 26.0 Å². The summed E-state index contributed by atoms with van der Waals surface area (Å²) < 4.78 is 4.98. The van der Waals surface area contributed by atoms with Crippen LogP contribution in [0.3, 0.4) is 0 Å². The lowest BCUT2D eigenvalue weighted by molar-refractivity contribution is -0.124. The molecule has 1 unspecified atom stereocenters. The molecule has 0 aliphatic rings. The number of rotatable bonds is 6. The van der Waals surface area contributed by atoms with Gasteiger partial charge in [-0.15, -0.1) is 0 Å². The normalized spacial score (nSPS) is 11.8. The van der Waals surface area contributed by atoms with Crippen molar-refractivity contribution in [1.82, 2.24) is 10.6 Å². The topological polar surface area (TPSA) is 108 Å². The number of nitrogens with one attached hydrogen (secondary N) is 2. The van der Waals surface area contributed by atoms with Gasteiger partial charge in [0.15, 0.2) is 11.5 Å². The molecule has 116 valence electrons. The van der Waals surface area contributed by atoms with Crippen LogP contribution in [0.4, 0.5) is 4.79 Å². The molecule has 1 aromatic rings. The highest BCUT2D eigenvalue weighted by atomic mass is 16.5. The quantitative estimate of drug-likeness (QED) is 0.633. The fraction of sp³-hybridized carbons (Fsp3) is 0.429. The molecule has 0 aliphatic carbocycles. The van der Waals surface area contributed by atoms with E-state index in [9.17, 15) is 14.7 Å². The van der Waals surface area contributed by atoms with E-state index in [-0.39, 0.29) is 18.2 Å². The zero-order valence-corrected chi connectivity index (χ0v) is 12.2. The number of carbonyl (C=O) groups excluding carboxylic acids is 1. The lowest BCUT2D eigenvalue weighted by atomic mass is 10.0. The first kappa shape index (κ1) is 16.6. The van der Waals surface area contributed by atoms with Crippen molar-refractivity contribution in [2.45, 2.75) is 26.4 Å². The first-order valence-electron chi connectivity index (χ1n) is 6.48. The number of carbonyl (C=O) groups is 2. The summed E-state index contributed by atoms with van der Waals surface area (Å²) in [6.45, 7) is 3.72. The van der Waals surface area contributed by atoms with Crippen molar-refractivity contribution in [1.29, 1.82) is 0 Å². The summed E-state index contributed by atoms with van der Waals surface area (Å²) in [4.78, 5) is 22.7. The number of methoxy groups -OCH3 is 1. The van der Waals surface area contributed by atoms with Crippen LogP contribution < -0.4 is 15.4 Å². The molecule has 4 N–H and O–H groups in total. The van der Waals surface area contributed by atoms with Crippen molar-refractivity contribution in [2.24, 2.45) is 5.92 Å². The number of amides is 2. The van der Waals surface area contributed by atoms with E-state index < -0.39 is 18.0 Å². The van der Waals surface area contributed by atoms with Crippen LogP contribution in [0.5, 0.6) is 11.5 Å². The van der Waals surface area contributed by atoms with Crippen LogP contribution in [0.1, 0.15) is 19.4 Å². The molecule has 7 heteroatoms. The molecule has 7 nitrogen and oxygen atoms in total. The fourth-order valence-electron chi connectivity index (χ4n) is 1.80. The van der Waals surface area contributed by atoms with E-state index in [1.165, 1.54) is 13.2 Å². The molecule has 0 fully saturated rings. The van der Waals surface area contributed by atoms with Crippen molar-refractivity contribution in [3.05, 3.63) is 23.8 Å². The Labute approximate surface area is 122 Å². The zero-order valence-electron chi connectivity index (χ0n) is 12.2. The van der Waals surface area contributed by atoms with Crippen LogP contribution in [0.25, 0.3) is 0 Å². The Balaban J connectivity index is 2.68. The summed E-state index contributed by atoms with van der Waals surface area (Å²) >= 11 is 0. The molecule has 1 atom stereocenters. The van der Waals surface area contributed by atoms with Gasteiger partial charge in [0.1, 0.15) is 6.04 Å². The molecule has 0 saturated heterocycles. The number of aromatic hydroxyl groups is 1. The molecule has 0 aliphatic heterocycles.